The molecule has 2 aromatic heterocycles. The summed E-state index contributed by atoms with van der Waals surface area (Å²) >= 11 is 0. The van der Waals surface area contributed by atoms with Crippen molar-refractivity contribution < 1.29 is 29.0 Å². The van der Waals surface area contributed by atoms with E-state index in [0.29, 0.717) is 32.5 Å². The summed E-state index contributed by atoms with van der Waals surface area (Å²) in [4.78, 5) is 66.8. The predicted octanol–water partition coefficient (Wildman–Crippen LogP) is 5.07. The number of aromatic nitrogens is 2. The van der Waals surface area contributed by atoms with Crippen LogP contribution in [0.2, 0.25) is 0 Å². The van der Waals surface area contributed by atoms with Crippen LogP contribution in [0.15, 0.2) is 97.2 Å². The van der Waals surface area contributed by atoms with Crippen molar-refractivity contribution in [1.29, 1.82) is 0 Å². The van der Waals surface area contributed by atoms with E-state index in [1.165, 1.54) is 0 Å². The Morgan fingerprint density at radius 2 is 1.71 bits per heavy atom. The Kier molecular flexibility index (Phi) is 13.6. The van der Waals surface area contributed by atoms with E-state index < -0.39 is 41.6 Å². The Morgan fingerprint density at radius 3 is 2.36 bits per heavy atom. The van der Waals surface area contributed by atoms with E-state index in [0.717, 1.165) is 33.8 Å². The number of carbonyl (C=O) groups is 4. The summed E-state index contributed by atoms with van der Waals surface area (Å²) in [6.07, 6.45) is 1.43. The molecule has 5 atom stereocenters. The zero-order valence-corrected chi connectivity index (χ0v) is 34.0. The lowest BCUT2D eigenvalue weighted by atomic mass is 9.90. The summed E-state index contributed by atoms with van der Waals surface area (Å²) in [7, 11) is 0. The smallest absolute Gasteiger partial charge is 0.321 e. The number of rotatable bonds is 17. The van der Waals surface area contributed by atoms with Gasteiger partial charge in [-0.3, -0.25) is 29.8 Å². The van der Waals surface area contributed by atoms with Crippen LogP contribution in [0.25, 0.3) is 11.3 Å². The van der Waals surface area contributed by atoms with Crippen LogP contribution < -0.4 is 10.7 Å². The number of cyclic esters (lactones) is 1. The van der Waals surface area contributed by atoms with E-state index in [1.807, 2.05) is 112 Å². The molecule has 13 heteroatoms. The number of aliphatic hydroxyl groups excluding tert-OH is 1. The third-order valence-corrected chi connectivity index (χ3v) is 11.2. The first-order valence-electron chi connectivity index (χ1n) is 20.1. The second-order valence-corrected chi connectivity index (χ2v) is 16.0. The fraction of sp³-hybridized carbons (Fsp3) is 0.422. The van der Waals surface area contributed by atoms with Gasteiger partial charge in [-0.2, -0.15) is 0 Å². The molecule has 6 rings (SSSR count). The van der Waals surface area contributed by atoms with E-state index in [1.54, 1.807) is 34.9 Å². The quantitative estimate of drug-likeness (QED) is 0.0983. The van der Waals surface area contributed by atoms with Crippen molar-refractivity contribution in [2.75, 3.05) is 19.6 Å². The fourth-order valence-corrected chi connectivity index (χ4v) is 7.74. The van der Waals surface area contributed by atoms with Gasteiger partial charge in [-0.05, 0) is 68.5 Å². The fourth-order valence-electron chi connectivity index (χ4n) is 7.74. The number of benzene rings is 2. The molecule has 13 nitrogen and oxygen atoms in total. The molecule has 0 aliphatic carbocycles. The van der Waals surface area contributed by atoms with Gasteiger partial charge < -0.3 is 25.0 Å². The van der Waals surface area contributed by atoms with Crippen molar-refractivity contribution in [3.8, 4) is 11.3 Å². The van der Waals surface area contributed by atoms with Gasteiger partial charge in [0.1, 0.15) is 11.6 Å². The SMILES string of the molecule is CCC(C)C(C(=O)N[C@@H](Cc1ccccc1)[C@@H](O)CN(Cc1ccc(-c2ccccn2)cc1)NC(=O)C1CC(=O)OC1(C)C)N1CCN(Cc2cccc(C)n2)C1=O. The number of hydrazine groups is 1. The third kappa shape index (κ3) is 10.4. The molecule has 2 aromatic carbocycles. The van der Waals surface area contributed by atoms with Gasteiger partial charge in [-0.1, -0.05) is 87.0 Å². The molecule has 0 radical (unpaired) electrons. The van der Waals surface area contributed by atoms with Gasteiger partial charge in [0, 0.05) is 43.6 Å². The van der Waals surface area contributed by atoms with Crippen LogP contribution in [0.4, 0.5) is 4.79 Å². The molecule has 2 fully saturated rings. The van der Waals surface area contributed by atoms with Gasteiger partial charge in [0.15, 0.2) is 0 Å². The Bertz CT molecular complexity index is 2030. The number of ether oxygens (including phenoxy) is 1. The number of aryl methyl sites for hydroxylation is 1. The summed E-state index contributed by atoms with van der Waals surface area (Å²) in [5.41, 5.74) is 7.10. The van der Waals surface area contributed by atoms with Crippen molar-refractivity contribution >= 4 is 23.8 Å². The van der Waals surface area contributed by atoms with Crippen molar-refractivity contribution in [3.05, 3.63) is 120 Å². The molecule has 2 aliphatic rings. The average Bonchev–Trinajstić information content (AvgIpc) is 3.70. The first-order valence-corrected chi connectivity index (χ1v) is 20.1. The molecular formula is C45H55N7O6. The molecule has 3 unspecified atom stereocenters. The number of hydrogen-bond acceptors (Lipinski definition) is 9. The highest BCUT2D eigenvalue weighted by Crippen LogP contribution is 2.33. The van der Waals surface area contributed by atoms with E-state index in [2.05, 4.69) is 20.7 Å². The van der Waals surface area contributed by atoms with E-state index in [9.17, 15) is 24.3 Å². The van der Waals surface area contributed by atoms with Gasteiger partial charge in [0.2, 0.25) is 11.8 Å². The highest BCUT2D eigenvalue weighted by molar-refractivity contribution is 5.89. The maximum absolute atomic E-state index is 14.5. The molecule has 58 heavy (non-hydrogen) atoms. The Labute approximate surface area is 340 Å². The van der Waals surface area contributed by atoms with Crippen LogP contribution in [0.1, 0.15) is 63.1 Å². The van der Waals surface area contributed by atoms with E-state index in [4.69, 9.17) is 4.74 Å². The van der Waals surface area contributed by atoms with Crippen molar-refractivity contribution in [1.82, 2.24) is 35.5 Å². The standard InChI is InChI=1S/C45H55N7O6/c1-6-30(2)41(52-24-23-50(44(52)57)28-35-16-12-13-31(3)47-35)43(56)48-38(25-32-14-8-7-9-15-32)39(53)29-51(49-42(55)36-26-40(54)58-45(36,4)5)27-33-18-20-34(21-19-33)37-17-10-11-22-46-37/h7-22,30,36,38-39,41,53H,6,23-29H2,1-5H3,(H,48,56)(H,49,55)/t30?,36?,38-,39-,41?/m0/s1. The van der Waals surface area contributed by atoms with Gasteiger partial charge in [-0.15, -0.1) is 0 Å². The molecule has 3 N–H and O–H groups in total. The van der Waals surface area contributed by atoms with E-state index >= 15 is 0 Å². The number of carbonyl (C=O) groups excluding carboxylic acids is 4. The first-order chi connectivity index (χ1) is 27.8. The lowest BCUT2D eigenvalue weighted by Crippen LogP contribution is -2.58. The monoisotopic (exact) mass is 789 g/mol. The molecule has 4 aromatic rings. The van der Waals surface area contributed by atoms with Gasteiger partial charge in [0.05, 0.1) is 42.4 Å². The lowest BCUT2D eigenvalue weighted by Gasteiger charge is -2.35. The maximum Gasteiger partial charge on any atom is 0.321 e. The number of amides is 4. The summed E-state index contributed by atoms with van der Waals surface area (Å²) in [6.45, 7) is 10.6. The molecule has 2 aliphatic heterocycles. The van der Waals surface area contributed by atoms with Crippen LogP contribution in [0, 0.1) is 18.8 Å². The topological polar surface area (TPSA) is 157 Å². The Balaban J connectivity index is 1.23. The summed E-state index contributed by atoms with van der Waals surface area (Å²) in [6, 6.07) is 27.0. The number of nitrogens with zero attached hydrogens (tertiary/aromatic N) is 5. The molecule has 4 heterocycles. The number of esters is 1. The summed E-state index contributed by atoms with van der Waals surface area (Å²) in [5.74, 6) is -2.15. The van der Waals surface area contributed by atoms with Crippen molar-refractivity contribution in [2.24, 2.45) is 11.8 Å². The molecule has 0 spiro atoms. The summed E-state index contributed by atoms with van der Waals surface area (Å²) < 4.78 is 5.45. The van der Waals surface area contributed by atoms with E-state index in [-0.39, 0.29) is 37.4 Å². The van der Waals surface area contributed by atoms with Crippen LogP contribution in [0.3, 0.4) is 0 Å². The predicted molar refractivity (Wildman–Crippen MR) is 219 cm³/mol. The minimum absolute atomic E-state index is 0.0636. The zero-order valence-electron chi connectivity index (χ0n) is 34.0. The number of nitrogens with one attached hydrogen (secondary N) is 2. The molecule has 306 valence electrons. The molecule has 0 bridgehead atoms. The second-order valence-electron chi connectivity index (χ2n) is 16.0. The second kappa shape index (κ2) is 18.7. The van der Waals surface area contributed by atoms with Gasteiger partial charge in [-0.25, -0.2) is 9.80 Å². The highest BCUT2D eigenvalue weighted by atomic mass is 16.6. The first kappa shape index (κ1) is 42.0. The van der Waals surface area contributed by atoms with Crippen LogP contribution in [0.5, 0.6) is 0 Å². The van der Waals surface area contributed by atoms with Crippen LogP contribution in [-0.4, -0.2) is 97.1 Å². The van der Waals surface area contributed by atoms with Gasteiger partial charge >= 0.3 is 12.0 Å². The molecule has 2 saturated heterocycles. The minimum atomic E-state index is -1.18. The lowest BCUT2D eigenvalue weighted by molar-refractivity contribution is -0.148. The van der Waals surface area contributed by atoms with Crippen LogP contribution in [-0.2, 0) is 38.6 Å². The van der Waals surface area contributed by atoms with Crippen molar-refractivity contribution in [2.45, 2.75) is 90.8 Å². The maximum atomic E-state index is 14.5. The van der Waals surface area contributed by atoms with Gasteiger partial charge in [0.25, 0.3) is 0 Å². The molecular weight excluding hydrogens is 735 g/mol. The summed E-state index contributed by atoms with van der Waals surface area (Å²) in [5, 5.41) is 16.9. The minimum Gasteiger partial charge on any atom is -0.459 e. The molecule has 0 saturated carbocycles. The van der Waals surface area contributed by atoms with Crippen molar-refractivity contribution in [3.63, 3.8) is 0 Å². The van der Waals surface area contributed by atoms with Crippen LogP contribution >= 0.6 is 0 Å². The normalized spacial score (nSPS) is 18.4. The largest absolute Gasteiger partial charge is 0.459 e. The zero-order chi connectivity index (χ0) is 41.4. The third-order valence-electron chi connectivity index (χ3n) is 11.2. The Morgan fingerprint density at radius 1 is 0.966 bits per heavy atom. The number of urea groups is 1. The highest BCUT2D eigenvalue weighted by Gasteiger charge is 2.47. The average molecular weight is 790 g/mol. The number of aliphatic hydroxyl groups is 1. The Hall–Kier alpha value is -5.66. The number of hydrogen-bond donors (Lipinski definition) is 3. The molecule has 4 amide bonds. The number of pyridine rings is 2.